The van der Waals surface area contributed by atoms with Crippen molar-refractivity contribution in [2.24, 2.45) is 5.16 Å². The lowest BCUT2D eigenvalue weighted by Gasteiger charge is -2.27. The van der Waals surface area contributed by atoms with E-state index in [0.29, 0.717) is 47.3 Å². The zero-order valence-electron chi connectivity index (χ0n) is 9.57. The van der Waals surface area contributed by atoms with E-state index in [1.165, 1.54) is 0 Å². The second kappa shape index (κ2) is 5.59. The van der Waals surface area contributed by atoms with Gasteiger partial charge in [0, 0.05) is 25.9 Å². The molecular weight excluding hydrogens is 275 g/mol. The van der Waals surface area contributed by atoms with Crippen molar-refractivity contribution in [2.75, 3.05) is 13.1 Å². The van der Waals surface area contributed by atoms with E-state index in [-0.39, 0.29) is 5.91 Å². The van der Waals surface area contributed by atoms with E-state index in [1.807, 2.05) is 0 Å². The number of hydrogen-bond acceptors (Lipinski definition) is 3. The van der Waals surface area contributed by atoms with Gasteiger partial charge in [-0.05, 0) is 12.1 Å². The molecule has 0 aliphatic carbocycles. The lowest BCUT2D eigenvalue weighted by atomic mass is 10.1. The first-order chi connectivity index (χ1) is 8.63. The largest absolute Gasteiger partial charge is 0.411 e. The Bertz CT molecular complexity index is 473. The Morgan fingerprint density at radius 1 is 1.22 bits per heavy atom. The van der Waals surface area contributed by atoms with Gasteiger partial charge in [-0.1, -0.05) is 34.4 Å². The molecule has 1 saturated heterocycles. The fraction of sp³-hybridized carbons (Fsp3) is 0.333. The van der Waals surface area contributed by atoms with Crippen molar-refractivity contribution in [2.45, 2.75) is 12.8 Å². The van der Waals surface area contributed by atoms with Gasteiger partial charge in [0.1, 0.15) is 0 Å². The number of piperidine rings is 1. The highest BCUT2D eigenvalue weighted by atomic mass is 35.5. The first-order valence-corrected chi connectivity index (χ1v) is 6.32. The first-order valence-electron chi connectivity index (χ1n) is 5.56. The van der Waals surface area contributed by atoms with Crippen LogP contribution in [-0.2, 0) is 0 Å². The summed E-state index contributed by atoms with van der Waals surface area (Å²) in [6.07, 6.45) is 1.15. The third kappa shape index (κ3) is 2.60. The summed E-state index contributed by atoms with van der Waals surface area (Å²) in [5, 5.41) is 12.6. The van der Waals surface area contributed by atoms with Crippen LogP contribution < -0.4 is 0 Å². The summed E-state index contributed by atoms with van der Waals surface area (Å²) in [4.78, 5) is 14.0. The summed E-state index contributed by atoms with van der Waals surface area (Å²) in [7, 11) is 0. The second-order valence-corrected chi connectivity index (χ2v) is 4.87. The summed E-state index contributed by atoms with van der Waals surface area (Å²) >= 11 is 12.0. The van der Waals surface area contributed by atoms with Gasteiger partial charge in [0.05, 0.1) is 21.3 Å². The molecule has 0 unspecified atom stereocenters. The molecule has 0 spiro atoms. The Labute approximate surface area is 115 Å². The number of rotatable bonds is 1. The fourth-order valence-corrected chi connectivity index (χ4v) is 2.49. The minimum atomic E-state index is -0.178. The monoisotopic (exact) mass is 286 g/mol. The van der Waals surface area contributed by atoms with Crippen LogP contribution in [0.4, 0.5) is 0 Å². The number of carbonyl (C=O) groups excluding carboxylic acids is 1. The highest BCUT2D eigenvalue weighted by Crippen LogP contribution is 2.26. The molecule has 0 atom stereocenters. The van der Waals surface area contributed by atoms with Crippen LogP contribution in [0.15, 0.2) is 23.4 Å². The molecular formula is C12H12Cl2N2O2. The van der Waals surface area contributed by atoms with Gasteiger partial charge in [-0.25, -0.2) is 0 Å². The van der Waals surface area contributed by atoms with Crippen LogP contribution in [-0.4, -0.2) is 34.8 Å². The highest BCUT2D eigenvalue weighted by Gasteiger charge is 2.24. The predicted molar refractivity (Wildman–Crippen MR) is 70.8 cm³/mol. The molecule has 0 saturated carbocycles. The van der Waals surface area contributed by atoms with Crippen LogP contribution in [0.25, 0.3) is 0 Å². The molecule has 96 valence electrons. The third-order valence-corrected chi connectivity index (χ3v) is 3.58. The van der Waals surface area contributed by atoms with Crippen LogP contribution in [0, 0.1) is 0 Å². The number of likely N-dealkylation sites (tertiary alicyclic amines) is 1. The number of hydrogen-bond donors (Lipinski definition) is 1. The van der Waals surface area contributed by atoms with Gasteiger partial charge in [0.15, 0.2) is 0 Å². The molecule has 0 bridgehead atoms. The van der Waals surface area contributed by atoms with E-state index in [2.05, 4.69) is 5.16 Å². The summed E-state index contributed by atoms with van der Waals surface area (Å²) < 4.78 is 0. The van der Waals surface area contributed by atoms with Gasteiger partial charge < -0.3 is 10.1 Å². The Kier molecular flexibility index (Phi) is 4.09. The van der Waals surface area contributed by atoms with Crippen molar-refractivity contribution in [3.8, 4) is 0 Å². The summed E-state index contributed by atoms with van der Waals surface area (Å²) in [6.45, 7) is 1.03. The van der Waals surface area contributed by atoms with Gasteiger partial charge in [-0.2, -0.15) is 0 Å². The molecule has 1 N–H and O–H groups in total. The van der Waals surface area contributed by atoms with Gasteiger partial charge >= 0.3 is 0 Å². The minimum Gasteiger partial charge on any atom is -0.411 e. The van der Waals surface area contributed by atoms with Gasteiger partial charge in [-0.15, -0.1) is 0 Å². The average Bonchev–Trinajstić information content (AvgIpc) is 2.38. The van der Waals surface area contributed by atoms with Crippen LogP contribution in [0.3, 0.4) is 0 Å². The van der Waals surface area contributed by atoms with E-state index in [9.17, 15) is 4.79 Å². The number of halogens is 2. The van der Waals surface area contributed by atoms with Crippen molar-refractivity contribution < 1.29 is 10.0 Å². The van der Waals surface area contributed by atoms with Crippen molar-refractivity contribution in [3.63, 3.8) is 0 Å². The van der Waals surface area contributed by atoms with E-state index in [0.717, 1.165) is 0 Å². The Morgan fingerprint density at radius 2 is 1.78 bits per heavy atom. The van der Waals surface area contributed by atoms with Crippen molar-refractivity contribution in [1.29, 1.82) is 0 Å². The zero-order chi connectivity index (χ0) is 13.1. The van der Waals surface area contributed by atoms with Crippen molar-refractivity contribution >= 4 is 34.8 Å². The predicted octanol–water partition coefficient (Wildman–Crippen LogP) is 3.06. The van der Waals surface area contributed by atoms with Crippen molar-refractivity contribution in [3.05, 3.63) is 33.8 Å². The Morgan fingerprint density at radius 3 is 2.28 bits per heavy atom. The Hall–Kier alpha value is -1.26. The van der Waals surface area contributed by atoms with Crippen molar-refractivity contribution in [1.82, 2.24) is 4.90 Å². The lowest BCUT2D eigenvalue weighted by molar-refractivity contribution is 0.0754. The van der Waals surface area contributed by atoms with Gasteiger partial charge in [0.25, 0.3) is 5.91 Å². The smallest absolute Gasteiger partial charge is 0.256 e. The van der Waals surface area contributed by atoms with E-state index >= 15 is 0 Å². The van der Waals surface area contributed by atoms with E-state index in [4.69, 9.17) is 28.4 Å². The van der Waals surface area contributed by atoms with Crippen LogP contribution >= 0.6 is 23.2 Å². The molecule has 1 aromatic carbocycles. The average molecular weight is 287 g/mol. The zero-order valence-corrected chi connectivity index (χ0v) is 11.1. The number of oxime groups is 1. The maximum Gasteiger partial charge on any atom is 0.256 e. The molecule has 0 radical (unpaired) electrons. The molecule has 18 heavy (non-hydrogen) atoms. The summed E-state index contributed by atoms with van der Waals surface area (Å²) in [6, 6.07) is 4.99. The SMILES string of the molecule is O=C(c1c(Cl)cccc1Cl)N1CCC(=NO)CC1. The number of benzene rings is 1. The van der Waals surface area contributed by atoms with E-state index < -0.39 is 0 Å². The molecule has 0 aromatic heterocycles. The second-order valence-electron chi connectivity index (χ2n) is 4.06. The molecule has 4 nitrogen and oxygen atoms in total. The maximum absolute atomic E-state index is 12.3. The lowest BCUT2D eigenvalue weighted by Crippen LogP contribution is -2.38. The van der Waals surface area contributed by atoms with Crippen LogP contribution in [0.2, 0.25) is 10.0 Å². The summed E-state index contributed by atoms with van der Waals surface area (Å²) in [5.41, 5.74) is 1.05. The minimum absolute atomic E-state index is 0.178. The summed E-state index contributed by atoms with van der Waals surface area (Å²) in [5.74, 6) is -0.178. The molecule has 2 rings (SSSR count). The normalized spacial score (nSPS) is 15.7. The molecule has 6 heteroatoms. The number of carbonyl (C=O) groups is 1. The molecule has 1 heterocycles. The standard InChI is InChI=1S/C12H12Cl2N2O2/c13-9-2-1-3-10(14)11(9)12(17)16-6-4-8(15-18)5-7-16/h1-3,18H,4-7H2. The molecule has 1 fully saturated rings. The Balaban J connectivity index is 2.18. The van der Waals surface area contributed by atoms with Gasteiger partial charge in [0.2, 0.25) is 0 Å². The molecule has 1 aromatic rings. The number of nitrogens with zero attached hydrogens (tertiary/aromatic N) is 2. The third-order valence-electron chi connectivity index (χ3n) is 2.95. The topological polar surface area (TPSA) is 52.9 Å². The molecule has 1 aliphatic rings. The first kappa shape index (κ1) is 13.2. The highest BCUT2D eigenvalue weighted by molar-refractivity contribution is 6.39. The maximum atomic E-state index is 12.3. The van der Waals surface area contributed by atoms with Crippen LogP contribution in [0.1, 0.15) is 23.2 Å². The molecule has 1 aliphatic heterocycles. The quantitative estimate of drug-likeness (QED) is 0.637. The van der Waals surface area contributed by atoms with Gasteiger partial charge in [-0.3, -0.25) is 4.79 Å². The molecule has 1 amide bonds. The van der Waals surface area contributed by atoms with E-state index in [1.54, 1.807) is 23.1 Å². The fourth-order valence-electron chi connectivity index (χ4n) is 1.93. The van der Waals surface area contributed by atoms with Crippen LogP contribution in [0.5, 0.6) is 0 Å². The number of amides is 1.